The predicted molar refractivity (Wildman–Crippen MR) is 161 cm³/mol. The van der Waals surface area contributed by atoms with Crippen molar-refractivity contribution in [3.8, 4) is 22.4 Å². The van der Waals surface area contributed by atoms with Gasteiger partial charge in [0, 0.05) is 67.1 Å². The SMILES string of the molecule is C=CC(=O)N1CCC(n2nc(-c3ccc(C(=O)N(C)CCOC)cc3)c(-c3c(Cl)c(C)cc4[nH]ncc34)c2C)CC1. The summed E-state index contributed by atoms with van der Waals surface area (Å²) in [5.74, 6) is -0.114. The molecule has 1 saturated heterocycles. The van der Waals surface area contributed by atoms with Crippen molar-refractivity contribution in [3.05, 3.63) is 71.0 Å². The van der Waals surface area contributed by atoms with Gasteiger partial charge in [-0.2, -0.15) is 10.2 Å². The monoisotopic (exact) mass is 574 g/mol. The highest BCUT2D eigenvalue weighted by Crippen LogP contribution is 2.44. The second-order valence-corrected chi connectivity index (χ2v) is 10.9. The van der Waals surface area contributed by atoms with Crippen molar-refractivity contribution >= 4 is 34.3 Å². The molecule has 0 atom stereocenters. The predicted octanol–water partition coefficient (Wildman–Crippen LogP) is 5.43. The van der Waals surface area contributed by atoms with Crippen molar-refractivity contribution in [2.75, 3.05) is 40.4 Å². The maximum absolute atomic E-state index is 12.9. The van der Waals surface area contributed by atoms with Gasteiger partial charge in [-0.1, -0.05) is 30.3 Å². The summed E-state index contributed by atoms with van der Waals surface area (Å²) in [4.78, 5) is 28.6. The number of hydrogen-bond acceptors (Lipinski definition) is 5. The van der Waals surface area contributed by atoms with Crippen molar-refractivity contribution in [3.63, 3.8) is 0 Å². The van der Waals surface area contributed by atoms with Gasteiger partial charge in [0.05, 0.1) is 29.4 Å². The minimum atomic E-state index is -0.0711. The number of fused-ring (bicyclic) bond motifs is 1. The molecule has 0 saturated carbocycles. The first-order valence-electron chi connectivity index (χ1n) is 13.7. The summed E-state index contributed by atoms with van der Waals surface area (Å²) in [6.07, 6.45) is 4.73. The topological polar surface area (TPSA) is 96.4 Å². The minimum absolute atomic E-state index is 0.0431. The first kappa shape index (κ1) is 28.6. The van der Waals surface area contributed by atoms with E-state index in [-0.39, 0.29) is 17.9 Å². The quantitative estimate of drug-likeness (QED) is 0.283. The van der Waals surface area contributed by atoms with Crippen molar-refractivity contribution in [1.29, 1.82) is 0 Å². The lowest BCUT2D eigenvalue weighted by Gasteiger charge is -2.32. The summed E-state index contributed by atoms with van der Waals surface area (Å²) in [5, 5.41) is 14.1. The largest absolute Gasteiger partial charge is 0.383 e. The molecule has 214 valence electrons. The number of ether oxygens (including phenoxy) is 1. The van der Waals surface area contributed by atoms with E-state index in [4.69, 9.17) is 21.4 Å². The molecule has 41 heavy (non-hydrogen) atoms. The Morgan fingerprint density at radius 1 is 1.20 bits per heavy atom. The number of piperidine rings is 1. The molecule has 1 aliphatic rings. The number of nitrogens with zero attached hydrogens (tertiary/aromatic N) is 5. The van der Waals surface area contributed by atoms with Gasteiger partial charge in [-0.25, -0.2) is 0 Å². The normalized spacial score (nSPS) is 14.0. The molecule has 0 aliphatic carbocycles. The lowest BCUT2D eigenvalue weighted by Crippen LogP contribution is -2.38. The first-order valence-corrected chi connectivity index (χ1v) is 14.1. The van der Waals surface area contributed by atoms with Gasteiger partial charge in [-0.3, -0.25) is 19.4 Å². The Bertz CT molecular complexity index is 1600. The zero-order valence-corrected chi connectivity index (χ0v) is 24.7. The first-order chi connectivity index (χ1) is 19.7. The number of aryl methyl sites for hydroxylation is 1. The van der Waals surface area contributed by atoms with Gasteiger partial charge in [-0.05, 0) is 56.5 Å². The second kappa shape index (κ2) is 11.9. The molecule has 3 heterocycles. The summed E-state index contributed by atoms with van der Waals surface area (Å²) >= 11 is 7.01. The Morgan fingerprint density at radius 2 is 1.90 bits per heavy atom. The Balaban J connectivity index is 1.60. The highest BCUT2D eigenvalue weighted by Gasteiger charge is 2.29. The number of aromatic nitrogens is 4. The number of carbonyl (C=O) groups is 2. The number of hydrogen-bond donors (Lipinski definition) is 1. The average Bonchev–Trinajstić information content (AvgIpc) is 3.60. The molecule has 10 heteroatoms. The van der Waals surface area contributed by atoms with Crippen molar-refractivity contribution in [2.45, 2.75) is 32.7 Å². The summed E-state index contributed by atoms with van der Waals surface area (Å²) in [6, 6.07) is 9.67. The zero-order valence-electron chi connectivity index (χ0n) is 23.9. The fourth-order valence-corrected chi connectivity index (χ4v) is 5.85. The van der Waals surface area contributed by atoms with Gasteiger partial charge in [0.1, 0.15) is 5.69 Å². The molecule has 9 nitrogen and oxygen atoms in total. The summed E-state index contributed by atoms with van der Waals surface area (Å²) in [7, 11) is 3.38. The third kappa shape index (κ3) is 5.39. The van der Waals surface area contributed by atoms with Crippen LogP contribution in [0.2, 0.25) is 5.02 Å². The van der Waals surface area contributed by atoms with Crippen molar-refractivity contribution in [2.24, 2.45) is 0 Å². The van der Waals surface area contributed by atoms with Crippen LogP contribution in [-0.2, 0) is 9.53 Å². The molecule has 0 bridgehead atoms. The second-order valence-electron chi connectivity index (χ2n) is 10.5. The van der Waals surface area contributed by atoms with Crippen LogP contribution in [0.5, 0.6) is 0 Å². The molecule has 0 radical (unpaired) electrons. The molecule has 2 amide bonds. The lowest BCUT2D eigenvalue weighted by molar-refractivity contribution is -0.127. The van der Waals surface area contributed by atoms with E-state index in [0.29, 0.717) is 36.8 Å². The molecular weight excluding hydrogens is 540 g/mol. The molecule has 1 N–H and O–H groups in total. The van der Waals surface area contributed by atoms with Gasteiger partial charge in [0.2, 0.25) is 5.91 Å². The van der Waals surface area contributed by atoms with E-state index in [2.05, 4.69) is 28.4 Å². The number of nitrogens with one attached hydrogen (secondary N) is 1. The fraction of sp³-hybridized carbons (Fsp3) is 0.355. The number of carbonyl (C=O) groups excluding carboxylic acids is 2. The summed E-state index contributed by atoms with van der Waals surface area (Å²) in [6.45, 7) is 9.95. The van der Waals surface area contributed by atoms with Crippen molar-refractivity contribution in [1.82, 2.24) is 29.8 Å². The van der Waals surface area contributed by atoms with Crippen LogP contribution < -0.4 is 0 Å². The number of methoxy groups -OCH3 is 1. The molecule has 1 aliphatic heterocycles. The van der Waals surface area contributed by atoms with Gasteiger partial charge >= 0.3 is 0 Å². The molecule has 5 rings (SSSR count). The molecule has 0 unspecified atom stereocenters. The van der Waals surface area contributed by atoms with Crippen LogP contribution in [-0.4, -0.2) is 82.0 Å². The average molecular weight is 575 g/mol. The molecule has 1 fully saturated rings. The van der Waals surface area contributed by atoms with Gasteiger partial charge < -0.3 is 14.5 Å². The fourth-order valence-electron chi connectivity index (χ4n) is 5.60. The Hall–Kier alpha value is -3.95. The van der Waals surface area contributed by atoms with Crippen molar-refractivity contribution < 1.29 is 14.3 Å². The van der Waals surface area contributed by atoms with E-state index in [9.17, 15) is 9.59 Å². The van der Waals surface area contributed by atoms with Crippen LogP contribution in [0, 0.1) is 13.8 Å². The van der Waals surface area contributed by atoms with E-state index in [1.165, 1.54) is 6.08 Å². The van der Waals surface area contributed by atoms with E-state index in [0.717, 1.165) is 57.4 Å². The zero-order chi connectivity index (χ0) is 29.3. The van der Waals surface area contributed by atoms with Crippen LogP contribution in [0.25, 0.3) is 33.3 Å². The van der Waals surface area contributed by atoms with Crippen LogP contribution in [0.3, 0.4) is 0 Å². The number of benzene rings is 2. The standard InChI is InChI=1S/C31H35ClN6O3/c1-6-26(39)37-13-11-23(12-14-37)38-20(3)27(28-24-18-33-34-25(24)17-19(2)29(28)32)30(35-38)21-7-9-22(10-8-21)31(40)36(4)15-16-41-5/h6-10,17-18,23H,1,11-16H2,2-5H3,(H,33,34). The molecule has 2 aromatic heterocycles. The Labute approximate surface area is 244 Å². The van der Waals surface area contributed by atoms with Crippen LogP contribution in [0.4, 0.5) is 0 Å². The Morgan fingerprint density at radius 3 is 2.56 bits per heavy atom. The number of H-pyrrole nitrogens is 1. The van der Waals surface area contributed by atoms with Crippen LogP contribution in [0.15, 0.2) is 49.2 Å². The number of likely N-dealkylation sites (N-methyl/N-ethyl adjacent to an activating group) is 1. The summed E-state index contributed by atoms with van der Waals surface area (Å²) < 4.78 is 7.20. The van der Waals surface area contributed by atoms with E-state index < -0.39 is 0 Å². The highest BCUT2D eigenvalue weighted by atomic mass is 35.5. The maximum atomic E-state index is 12.9. The smallest absolute Gasteiger partial charge is 0.253 e. The highest BCUT2D eigenvalue weighted by molar-refractivity contribution is 6.36. The van der Waals surface area contributed by atoms with Gasteiger partial charge in [-0.15, -0.1) is 0 Å². The van der Waals surface area contributed by atoms with Crippen LogP contribution in [0.1, 0.15) is 40.5 Å². The third-order valence-corrected chi connectivity index (χ3v) is 8.43. The molecular formula is C31H35ClN6O3. The van der Waals surface area contributed by atoms with Gasteiger partial charge in [0.25, 0.3) is 5.91 Å². The number of rotatable bonds is 8. The molecule has 0 spiro atoms. The summed E-state index contributed by atoms with van der Waals surface area (Å²) in [5.41, 5.74) is 6.90. The number of halogens is 1. The minimum Gasteiger partial charge on any atom is -0.383 e. The van der Waals surface area contributed by atoms with Gasteiger partial charge in [0.15, 0.2) is 0 Å². The molecule has 4 aromatic rings. The maximum Gasteiger partial charge on any atom is 0.253 e. The van der Waals surface area contributed by atoms with E-state index >= 15 is 0 Å². The molecule has 2 aromatic carbocycles. The number of amides is 2. The van der Waals surface area contributed by atoms with E-state index in [1.807, 2.05) is 42.2 Å². The Kier molecular flexibility index (Phi) is 8.28. The number of aromatic amines is 1. The third-order valence-electron chi connectivity index (χ3n) is 7.94. The van der Waals surface area contributed by atoms with Crippen LogP contribution >= 0.6 is 11.6 Å². The number of likely N-dealkylation sites (tertiary alicyclic amines) is 1. The van der Waals surface area contributed by atoms with E-state index in [1.54, 1.807) is 25.3 Å². The lowest BCUT2D eigenvalue weighted by atomic mass is 9.94.